The van der Waals surface area contributed by atoms with E-state index in [4.69, 9.17) is 4.74 Å². The summed E-state index contributed by atoms with van der Waals surface area (Å²) in [6.07, 6.45) is 3.08. The van der Waals surface area contributed by atoms with Gasteiger partial charge in [-0.05, 0) is 36.6 Å². The number of aromatic nitrogens is 2. The van der Waals surface area contributed by atoms with Crippen LogP contribution in [0.25, 0.3) is 11.1 Å². The maximum Gasteiger partial charge on any atom is 0.264 e. The molecule has 1 heterocycles. The number of rotatable bonds is 8. The van der Waals surface area contributed by atoms with Crippen LogP contribution >= 0.6 is 11.3 Å². The Morgan fingerprint density at radius 1 is 1.04 bits per heavy atom. The minimum absolute atomic E-state index is 0.0618. The largest absolute Gasteiger partial charge is 0.484 e. The first-order chi connectivity index (χ1) is 13.1. The van der Waals surface area contributed by atoms with Gasteiger partial charge in [0.25, 0.3) is 5.91 Å². The summed E-state index contributed by atoms with van der Waals surface area (Å²) in [5.41, 5.74) is 3.50. The van der Waals surface area contributed by atoms with Gasteiger partial charge in [0.15, 0.2) is 6.61 Å². The lowest BCUT2D eigenvalue weighted by molar-refractivity contribution is -0.118. The van der Waals surface area contributed by atoms with Crippen LogP contribution in [0.3, 0.4) is 0 Å². The van der Waals surface area contributed by atoms with Crippen LogP contribution in [0.4, 0.5) is 5.13 Å². The van der Waals surface area contributed by atoms with Gasteiger partial charge in [0, 0.05) is 6.42 Å². The lowest BCUT2D eigenvalue weighted by Crippen LogP contribution is -2.20. The molecule has 6 heteroatoms. The van der Waals surface area contributed by atoms with Gasteiger partial charge >= 0.3 is 0 Å². The maximum absolute atomic E-state index is 12.0. The van der Waals surface area contributed by atoms with Crippen molar-refractivity contribution in [3.63, 3.8) is 0 Å². The normalized spacial score (nSPS) is 10.6. The molecule has 0 aliphatic rings. The van der Waals surface area contributed by atoms with Crippen molar-refractivity contribution in [1.82, 2.24) is 10.2 Å². The van der Waals surface area contributed by atoms with Crippen LogP contribution in [0.15, 0.2) is 48.5 Å². The van der Waals surface area contributed by atoms with E-state index in [0.29, 0.717) is 10.9 Å². The van der Waals surface area contributed by atoms with E-state index in [-0.39, 0.29) is 12.5 Å². The minimum atomic E-state index is -0.240. The van der Waals surface area contributed by atoms with Gasteiger partial charge in [-0.2, -0.15) is 0 Å². The number of anilines is 1. The number of carbonyl (C=O) groups excluding carboxylic acids is 1. The van der Waals surface area contributed by atoms with Crippen molar-refractivity contribution in [2.24, 2.45) is 0 Å². The van der Waals surface area contributed by atoms with Gasteiger partial charge < -0.3 is 4.74 Å². The first-order valence-corrected chi connectivity index (χ1v) is 9.88. The number of ether oxygens (including phenoxy) is 1. The highest BCUT2D eigenvalue weighted by Crippen LogP contribution is 2.23. The zero-order valence-electron chi connectivity index (χ0n) is 15.6. The molecule has 0 saturated carbocycles. The molecular weight excluding hydrogens is 358 g/mol. The smallest absolute Gasteiger partial charge is 0.264 e. The summed E-state index contributed by atoms with van der Waals surface area (Å²) in [6, 6.07) is 16.1. The maximum atomic E-state index is 12.0. The summed E-state index contributed by atoms with van der Waals surface area (Å²) >= 11 is 1.41. The van der Waals surface area contributed by atoms with Gasteiger partial charge in [-0.15, -0.1) is 10.2 Å². The summed E-state index contributed by atoms with van der Waals surface area (Å²) in [5, 5.41) is 12.3. The Kier molecular flexibility index (Phi) is 6.54. The van der Waals surface area contributed by atoms with E-state index in [9.17, 15) is 4.79 Å². The molecule has 140 valence electrons. The second-order valence-electron chi connectivity index (χ2n) is 6.33. The van der Waals surface area contributed by atoms with Crippen molar-refractivity contribution in [1.29, 1.82) is 0 Å². The van der Waals surface area contributed by atoms with Gasteiger partial charge in [0.05, 0.1) is 0 Å². The topological polar surface area (TPSA) is 64.1 Å². The van der Waals surface area contributed by atoms with Gasteiger partial charge in [0.1, 0.15) is 10.8 Å². The van der Waals surface area contributed by atoms with Crippen molar-refractivity contribution in [3.05, 3.63) is 59.1 Å². The first kappa shape index (κ1) is 19.0. The van der Waals surface area contributed by atoms with Crippen molar-refractivity contribution >= 4 is 22.4 Å². The van der Waals surface area contributed by atoms with Crippen molar-refractivity contribution < 1.29 is 9.53 Å². The Bertz CT molecular complexity index is 873. The van der Waals surface area contributed by atoms with Crippen LogP contribution in [0.1, 0.15) is 30.3 Å². The molecule has 0 radical (unpaired) electrons. The Morgan fingerprint density at radius 2 is 1.70 bits per heavy atom. The SMILES string of the molecule is CCCCc1nnc(NC(=O)COc2ccc(-c3ccc(C)cc3)cc2)s1. The van der Waals surface area contributed by atoms with Crippen molar-refractivity contribution in [3.8, 4) is 16.9 Å². The molecule has 2 aromatic carbocycles. The number of hydrogen-bond acceptors (Lipinski definition) is 5. The predicted octanol–water partition coefficient (Wildman–Crippen LogP) is 4.87. The lowest BCUT2D eigenvalue weighted by atomic mass is 10.0. The summed E-state index contributed by atoms with van der Waals surface area (Å²) in [4.78, 5) is 12.0. The number of aryl methyl sites for hydroxylation is 2. The number of nitrogens with one attached hydrogen (secondary N) is 1. The van der Waals surface area contributed by atoms with E-state index in [2.05, 4.69) is 53.6 Å². The summed E-state index contributed by atoms with van der Waals surface area (Å²) in [7, 11) is 0. The number of carbonyl (C=O) groups is 1. The minimum Gasteiger partial charge on any atom is -0.484 e. The lowest BCUT2D eigenvalue weighted by Gasteiger charge is -2.07. The average Bonchev–Trinajstić information content (AvgIpc) is 3.13. The third-order valence-corrected chi connectivity index (χ3v) is 4.97. The van der Waals surface area contributed by atoms with Crippen LogP contribution in [-0.2, 0) is 11.2 Å². The third-order valence-electron chi connectivity index (χ3n) is 4.07. The molecule has 5 nitrogen and oxygen atoms in total. The summed E-state index contributed by atoms with van der Waals surface area (Å²) in [5.74, 6) is 0.415. The highest BCUT2D eigenvalue weighted by Gasteiger charge is 2.09. The van der Waals surface area contributed by atoms with E-state index >= 15 is 0 Å². The van der Waals surface area contributed by atoms with E-state index in [1.165, 1.54) is 16.9 Å². The van der Waals surface area contributed by atoms with Gasteiger partial charge in [-0.1, -0.05) is 66.6 Å². The molecule has 0 aliphatic carbocycles. The van der Waals surface area contributed by atoms with Gasteiger partial charge in [-0.25, -0.2) is 0 Å². The number of amides is 1. The molecule has 3 aromatic rings. The van der Waals surface area contributed by atoms with Crippen LogP contribution in [0, 0.1) is 6.92 Å². The molecular formula is C21H23N3O2S. The molecule has 27 heavy (non-hydrogen) atoms. The zero-order chi connectivity index (χ0) is 19.1. The Balaban J connectivity index is 1.50. The first-order valence-electron chi connectivity index (χ1n) is 9.06. The highest BCUT2D eigenvalue weighted by atomic mass is 32.1. The summed E-state index contributed by atoms with van der Waals surface area (Å²) in [6.45, 7) is 4.14. The zero-order valence-corrected chi connectivity index (χ0v) is 16.4. The van der Waals surface area contributed by atoms with Crippen LogP contribution < -0.4 is 10.1 Å². The molecule has 0 aliphatic heterocycles. The molecule has 0 bridgehead atoms. The van der Waals surface area contributed by atoms with E-state index in [0.717, 1.165) is 35.4 Å². The molecule has 0 unspecified atom stereocenters. The molecule has 0 saturated heterocycles. The Morgan fingerprint density at radius 3 is 2.37 bits per heavy atom. The number of benzene rings is 2. The van der Waals surface area contributed by atoms with Crippen molar-refractivity contribution in [2.45, 2.75) is 33.1 Å². The van der Waals surface area contributed by atoms with E-state index in [1.54, 1.807) is 0 Å². The molecule has 0 atom stereocenters. The number of nitrogens with zero attached hydrogens (tertiary/aromatic N) is 2. The standard InChI is InChI=1S/C21H23N3O2S/c1-3-4-5-20-23-24-21(27-20)22-19(25)14-26-18-12-10-17(11-13-18)16-8-6-15(2)7-9-16/h6-13H,3-5,14H2,1-2H3,(H,22,24,25). The molecule has 3 rings (SSSR count). The second kappa shape index (κ2) is 9.28. The van der Waals surface area contributed by atoms with E-state index < -0.39 is 0 Å². The van der Waals surface area contributed by atoms with Gasteiger partial charge in [-0.3, -0.25) is 10.1 Å². The molecule has 1 amide bonds. The third kappa shape index (κ3) is 5.62. The van der Waals surface area contributed by atoms with Gasteiger partial charge in [0.2, 0.25) is 5.13 Å². The molecule has 1 N–H and O–H groups in total. The molecule has 1 aromatic heterocycles. The number of hydrogen-bond donors (Lipinski definition) is 1. The highest BCUT2D eigenvalue weighted by molar-refractivity contribution is 7.15. The fourth-order valence-electron chi connectivity index (χ4n) is 2.53. The Labute approximate surface area is 163 Å². The summed E-state index contributed by atoms with van der Waals surface area (Å²) < 4.78 is 5.57. The monoisotopic (exact) mass is 381 g/mol. The van der Waals surface area contributed by atoms with Crippen LogP contribution in [0.2, 0.25) is 0 Å². The molecule has 0 fully saturated rings. The fraction of sp³-hybridized carbons (Fsp3) is 0.286. The van der Waals surface area contributed by atoms with E-state index in [1.807, 2.05) is 24.3 Å². The van der Waals surface area contributed by atoms with Crippen LogP contribution in [-0.4, -0.2) is 22.7 Å². The second-order valence-corrected chi connectivity index (χ2v) is 7.39. The average molecular weight is 382 g/mol. The predicted molar refractivity (Wildman–Crippen MR) is 109 cm³/mol. The molecule has 0 spiro atoms. The Hall–Kier alpha value is -2.73. The quantitative estimate of drug-likeness (QED) is 0.604. The van der Waals surface area contributed by atoms with Crippen LogP contribution in [0.5, 0.6) is 5.75 Å². The fourth-order valence-corrected chi connectivity index (χ4v) is 3.32. The number of unbranched alkanes of at least 4 members (excludes halogenated alkanes) is 1. The van der Waals surface area contributed by atoms with Crippen molar-refractivity contribution in [2.75, 3.05) is 11.9 Å².